The Labute approximate surface area is 124 Å². The third-order valence-corrected chi connectivity index (χ3v) is 3.82. The van der Waals surface area contributed by atoms with Crippen molar-refractivity contribution in [3.8, 4) is 11.8 Å². The summed E-state index contributed by atoms with van der Waals surface area (Å²) in [5.41, 5.74) is 2.75. The van der Waals surface area contributed by atoms with E-state index in [0.29, 0.717) is 11.5 Å². The molecule has 20 heavy (non-hydrogen) atoms. The first-order chi connectivity index (χ1) is 9.44. The molecule has 0 aromatic heterocycles. The van der Waals surface area contributed by atoms with E-state index in [1.165, 1.54) is 31.5 Å². The van der Waals surface area contributed by atoms with Gasteiger partial charge in [-0.3, -0.25) is 4.90 Å². The van der Waals surface area contributed by atoms with Gasteiger partial charge in [-0.15, -0.1) is 0 Å². The molecule has 1 aromatic carbocycles. The average molecular weight is 269 g/mol. The molecule has 1 aliphatic heterocycles. The monoisotopic (exact) mass is 269 g/mol. The van der Waals surface area contributed by atoms with E-state index >= 15 is 0 Å². The molecule has 1 heterocycles. The normalized spacial score (nSPS) is 17.6. The van der Waals surface area contributed by atoms with Gasteiger partial charge in [-0.1, -0.05) is 50.3 Å². The molecule has 0 spiro atoms. The largest absolute Gasteiger partial charge is 0.290 e. The highest BCUT2D eigenvalue weighted by atomic mass is 15.2. The summed E-state index contributed by atoms with van der Waals surface area (Å²) in [6.07, 6.45) is 3.80. The van der Waals surface area contributed by atoms with E-state index in [9.17, 15) is 0 Å². The van der Waals surface area contributed by atoms with Crippen molar-refractivity contribution in [2.75, 3.05) is 13.1 Å². The summed E-state index contributed by atoms with van der Waals surface area (Å²) in [4.78, 5) is 2.56. The highest BCUT2D eigenvalue weighted by Crippen LogP contribution is 2.25. The Balaban J connectivity index is 2.12. The lowest BCUT2D eigenvalue weighted by Gasteiger charge is -2.29. The van der Waals surface area contributed by atoms with Crippen LogP contribution in [-0.2, 0) is 0 Å². The number of hydrogen-bond donors (Lipinski definition) is 0. The summed E-state index contributed by atoms with van der Waals surface area (Å²) in [5.74, 6) is 6.91. The fourth-order valence-corrected chi connectivity index (χ4v) is 2.71. The molecule has 1 unspecified atom stereocenters. The molecule has 1 fully saturated rings. The zero-order chi connectivity index (χ0) is 14.6. The molecule has 1 aromatic rings. The first-order valence-electron chi connectivity index (χ1n) is 7.76. The van der Waals surface area contributed by atoms with E-state index in [0.717, 1.165) is 12.0 Å². The molecule has 0 N–H and O–H groups in total. The number of nitrogens with zero attached hydrogens (tertiary/aromatic N) is 1. The van der Waals surface area contributed by atoms with E-state index < -0.39 is 0 Å². The standard InChI is InChI=1S/C19H27N/c1-16-7-9-17(10-8-16)11-12-18(15-19(2,3)4)20-13-5-6-14-20/h7-10,18H,5-6,13-15H2,1-4H3. The Morgan fingerprint density at radius 1 is 1.10 bits per heavy atom. The Kier molecular flexibility index (Phi) is 4.89. The Bertz CT molecular complexity index is 475. The van der Waals surface area contributed by atoms with Gasteiger partial charge in [0.2, 0.25) is 0 Å². The summed E-state index contributed by atoms with van der Waals surface area (Å²) >= 11 is 0. The predicted molar refractivity (Wildman–Crippen MR) is 86.7 cm³/mol. The quantitative estimate of drug-likeness (QED) is 0.726. The second-order valence-corrected chi connectivity index (χ2v) is 7.16. The molecule has 1 saturated heterocycles. The van der Waals surface area contributed by atoms with Gasteiger partial charge in [0.1, 0.15) is 0 Å². The van der Waals surface area contributed by atoms with E-state index in [-0.39, 0.29) is 0 Å². The van der Waals surface area contributed by atoms with Crippen molar-refractivity contribution in [3.05, 3.63) is 35.4 Å². The Hall–Kier alpha value is -1.26. The van der Waals surface area contributed by atoms with Gasteiger partial charge >= 0.3 is 0 Å². The zero-order valence-electron chi connectivity index (χ0n) is 13.4. The third-order valence-electron chi connectivity index (χ3n) is 3.82. The molecule has 0 bridgehead atoms. The molecule has 108 valence electrons. The summed E-state index contributed by atoms with van der Waals surface area (Å²) in [7, 11) is 0. The molecular formula is C19H27N. The van der Waals surface area contributed by atoms with Crippen molar-refractivity contribution in [1.82, 2.24) is 4.90 Å². The molecule has 2 rings (SSSR count). The minimum atomic E-state index is 0.329. The molecule has 0 saturated carbocycles. The van der Waals surface area contributed by atoms with Gasteiger partial charge in [-0.2, -0.15) is 0 Å². The fourth-order valence-electron chi connectivity index (χ4n) is 2.71. The van der Waals surface area contributed by atoms with Crippen LogP contribution in [0, 0.1) is 24.2 Å². The lowest BCUT2D eigenvalue weighted by atomic mass is 9.87. The predicted octanol–water partition coefficient (Wildman–Crippen LogP) is 4.25. The molecule has 1 nitrogen and oxygen atoms in total. The van der Waals surface area contributed by atoms with Crippen LogP contribution in [0.3, 0.4) is 0 Å². The van der Waals surface area contributed by atoms with E-state index in [1.807, 2.05) is 0 Å². The van der Waals surface area contributed by atoms with Crippen LogP contribution in [0.4, 0.5) is 0 Å². The SMILES string of the molecule is Cc1ccc(C#CC(CC(C)(C)C)N2CCCC2)cc1. The molecule has 0 radical (unpaired) electrons. The van der Waals surface area contributed by atoms with Gasteiger partial charge in [0.15, 0.2) is 0 Å². The maximum Gasteiger partial charge on any atom is 0.0723 e. The molecule has 0 aliphatic carbocycles. The summed E-state index contributed by atoms with van der Waals surface area (Å²) < 4.78 is 0. The lowest BCUT2D eigenvalue weighted by Crippen LogP contribution is -2.34. The maximum atomic E-state index is 3.53. The van der Waals surface area contributed by atoms with Gasteiger partial charge in [0.05, 0.1) is 6.04 Å². The minimum absolute atomic E-state index is 0.329. The highest BCUT2D eigenvalue weighted by molar-refractivity contribution is 5.36. The van der Waals surface area contributed by atoms with Crippen molar-refractivity contribution >= 4 is 0 Å². The summed E-state index contributed by atoms with van der Waals surface area (Å²) in [6.45, 7) is 11.5. The molecule has 1 atom stereocenters. The van der Waals surface area contributed by atoms with Crippen LogP contribution in [-0.4, -0.2) is 24.0 Å². The molecule has 0 amide bonds. The van der Waals surface area contributed by atoms with E-state index in [1.54, 1.807) is 0 Å². The minimum Gasteiger partial charge on any atom is -0.290 e. The first kappa shape index (κ1) is 15.1. The van der Waals surface area contributed by atoms with Crippen LogP contribution in [0.5, 0.6) is 0 Å². The van der Waals surface area contributed by atoms with Crippen molar-refractivity contribution in [3.63, 3.8) is 0 Å². The van der Waals surface area contributed by atoms with E-state index in [2.05, 4.69) is 68.7 Å². The topological polar surface area (TPSA) is 3.24 Å². The zero-order valence-corrected chi connectivity index (χ0v) is 13.4. The van der Waals surface area contributed by atoms with Gasteiger partial charge in [-0.05, 0) is 56.8 Å². The third kappa shape index (κ3) is 4.69. The van der Waals surface area contributed by atoms with Crippen LogP contribution < -0.4 is 0 Å². The fraction of sp³-hybridized carbons (Fsp3) is 0.579. The second kappa shape index (κ2) is 6.46. The highest BCUT2D eigenvalue weighted by Gasteiger charge is 2.24. The number of hydrogen-bond acceptors (Lipinski definition) is 1. The lowest BCUT2D eigenvalue weighted by molar-refractivity contribution is 0.220. The van der Waals surface area contributed by atoms with Crippen LogP contribution in [0.2, 0.25) is 0 Å². The molecule has 1 heteroatoms. The Morgan fingerprint density at radius 3 is 2.25 bits per heavy atom. The smallest absolute Gasteiger partial charge is 0.0723 e. The average Bonchev–Trinajstić information content (AvgIpc) is 2.89. The van der Waals surface area contributed by atoms with Crippen molar-refractivity contribution < 1.29 is 0 Å². The van der Waals surface area contributed by atoms with Crippen molar-refractivity contribution in [1.29, 1.82) is 0 Å². The van der Waals surface area contributed by atoms with Crippen LogP contribution in [0.15, 0.2) is 24.3 Å². The first-order valence-corrected chi connectivity index (χ1v) is 7.76. The number of aryl methyl sites for hydroxylation is 1. The number of rotatable bonds is 2. The van der Waals surface area contributed by atoms with Crippen LogP contribution in [0.25, 0.3) is 0 Å². The maximum absolute atomic E-state index is 3.53. The van der Waals surface area contributed by atoms with Crippen molar-refractivity contribution in [2.45, 2.75) is 53.0 Å². The number of likely N-dealkylation sites (tertiary alicyclic amines) is 1. The molecule has 1 aliphatic rings. The molecular weight excluding hydrogens is 242 g/mol. The van der Waals surface area contributed by atoms with Gasteiger partial charge < -0.3 is 0 Å². The summed E-state index contributed by atoms with van der Waals surface area (Å²) in [6, 6.07) is 8.93. The Morgan fingerprint density at radius 2 is 1.70 bits per heavy atom. The van der Waals surface area contributed by atoms with E-state index in [4.69, 9.17) is 0 Å². The van der Waals surface area contributed by atoms with Crippen LogP contribution in [0.1, 0.15) is 51.2 Å². The van der Waals surface area contributed by atoms with Gasteiger partial charge in [0, 0.05) is 5.56 Å². The van der Waals surface area contributed by atoms with Gasteiger partial charge in [-0.25, -0.2) is 0 Å². The number of benzene rings is 1. The van der Waals surface area contributed by atoms with Crippen molar-refractivity contribution in [2.24, 2.45) is 5.41 Å². The second-order valence-electron chi connectivity index (χ2n) is 7.16. The summed E-state index contributed by atoms with van der Waals surface area (Å²) in [5, 5.41) is 0. The van der Waals surface area contributed by atoms with Gasteiger partial charge in [0.25, 0.3) is 0 Å². The van der Waals surface area contributed by atoms with Crippen LogP contribution >= 0.6 is 0 Å².